The summed E-state index contributed by atoms with van der Waals surface area (Å²) < 4.78 is 0. The third-order valence-electron chi connectivity index (χ3n) is 3.57. The van der Waals surface area contributed by atoms with Gasteiger partial charge in [-0.15, -0.1) is 0 Å². The number of benzene rings is 1. The molecule has 1 aromatic heterocycles. The van der Waals surface area contributed by atoms with Crippen LogP contribution in [0.15, 0.2) is 24.3 Å². The topological polar surface area (TPSA) is 94.5 Å². The highest BCUT2D eigenvalue weighted by Gasteiger charge is 2.36. The highest BCUT2D eigenvalue weighted by molar-refractivity contribution is 7.99. The van der Waals surface area contributed by atoms with Crippen molar-refractivity contribution in [1.29, 1.82) is 5.26 Å². The first-order valence-corrected chi connectivity index (χ1v) is 8.08. The number of carbonyl (C=O) groups excluding carboxylic acids is 1. The Labute approximate surface area is 132 Å². The number of aromatic nitrogens is 3. The van der Waals surface area contributed by atoms with Crippen LogP contribution in [0, 0.1) is 18.3 Å². The van der Waals surface area contributed by atoms with Crippen LogP contribution in [0.1, 0.15) is 22.6 Å². The quantitative estimate of drug-likeness (QED) is 0.902. The number of nitrogens with one attached hydrogen (secondary N) is 2. The molecule has 1 atom stereocenters. The third-order valence-corrected chi connectivity index (χ3v) is 4.76. The number of aromatic amines is 1. The molecule has 2 aromatic rings. The SMILES string of the molecule is Cc1nc(-c2cccc(C(=O)N[C@]3(C#N)CCSC3)c2)n[nH]1. The molecule has 7 heteroatoms. The maximum atomic E-state index is 12.4. The minimum Gasteiger partial charge on any atom is -0.333 e. The molecule has 2 heterocycles. The Morgan fingerprint density at radius 1 is 1.55 bits per heavy atom. The number of nitrogens with zero attached hydrogens (tertiary/aromatic N) is 3. The molecular weight excluding hydrogens is 298 g/mol. The lowest BCUT2D eigenvalue weighted by molar-refractivity contribution is 0.0926. The van der Waals surface area contributed by atoms with E-state index in [1.54, 1.807) is 30.0 Å². The molecule has 1 aliphatic heterocycles. The second-order valence-corrected chi connectivity index (χ2v) is 6.38. The van der Waals surface area contributed by atoms with Crippen LogP contribution in [-0.2, 0) is 0 Å². The van der Waals surface area contributed by atoms with E-state index >= 15 is 0 Å². The predicted molar refractivity (Wildman–Crippen MR) is 84.3 cm³/mol. The second kappa shape index (κ2) is 5.81. The van der Waals surface area contributed by atoms with Gasteiger partial charge in [0.1, 0.15) is 11.4 Å². The van der Waals surface area contributed by atoms with Crippen molar-refractivity contribution in [1.82, 2.24) is 20.5 Å². The van der Waals surface area contributed by atoms with Crippen molar-refractivity contribution in [3.8, 4) is 17.5 Å². The van der Waals surface area contributed by atoms with E-state index in [4.69, 9.17) is 0 Å². The number of H-pyrrole nitrogens is 1. The fraction of sp³-hybridized carbons (Fsp3) is 0.333. The van der Waals surface area contributed by atoms with Crippen molar-refractivity contribution >= 4 is 17.7 Å². The summed E-state index contributed by atoms with van der Waals surface area (Å²) in [6.07, 6.45) is 0.680. The van der Waals surface area contributed by atoms with E-state index in [1.165, 1.54) is 0 Å². The minimum atomic E-state index is -0.751. The first kappa shape index (κ1) is 14.6. The van der Waals surface area contributed by atoms with Gasteiger partial charge >= 0.3 is 0 Å². The van der Waals surface area contributed by atoms with Crippen LogP contribution < -0.4 is 5.32 Å². The lowest BCUT2D eigenvalue weighted by Gasteiger charge is -2.21. The van der Waals surface area contributed by atoms with E-state index < -0.39 is 5.54 Å². The standard InChI is InChI=1S/C15H15N5OS/c1-10-17-13(20-19-10)11-3-2-4-12(7-11)14(21)18-15(8-16)5-6-22-9-15/h2-4,7H,5-6,9H2,1H3,(H,18,21)(H,17,19,20)/t15-/m0/s1. The van der Waals surface area contributed by atoms with E-state index in [-0.39, 0.29) is 5.91 Å². The van der Waals surface area contributed by atoms with Gasteiger partial charge in [-0.25, -0.2) is 4.98 Å². The Bertz CT molecular complexity index is 742. The molecule has 0 radical (unpaired) electrons. The largest absolute Gasteiger partial charge is 0.333 e. The first-order chi connectivity index (χ1) is 10.6. The fourth-order valence-corrected chi connectivity index (χ4v) is 3.61. The van der Waals surface area contributed by atoms with Gasteiger partial charge in [0.05, 0.1) is 6.07 Å². The number of hydrogen-bond donors (Lipinski definition) is 2. The molecule has 0 bridgehead atoms. The van der Waals surface area contributed by atoms with Crippen molar-refractivity contribution < 1.29 is 4.79 Å². The van der Waals surface area contributed by atoms with E-state index in [0.29, 0.717) is 23.6 Å². The Balaban J connectivity index is 1.83. The van der Waals surface area contributed by atoms with E-state index in [0.717, 1.165) is 17.1 Å². The van der Waals surface area contributed by atoms with E-state index in [1.807, 2.05) is 13.0 Å². The minimum absolute atomic E-state index is 0.238. The molecule has 0 aliphatic carbocycles. The number of thioether (sulfide) groups is 1. The van der Waals surface area contributed by atoms with Crippen LogP contribution in [0.3, 0.4) is 0 Å². The maximum absolute atomic E-state index is 12.4. The van der Waals surface area contributed by atoms with Crippen molar-refractivity contribution in [2.45, 2.75) is 18.9 Å². The molecule has 1 aliphatic rings. The first-order valence-electron chi connectivity index (χ1n) is 6.93. The summed E-state index contributed by atoms with van der Waals surface area (Å²) in [6, 6.07) is 9.36. The predicted octanol–water partition coefficient (Wildman–Crippen LogP) is 1.91. The number of aryl methyl sites for hydroxylation is 1. The van der Waals surface area contributed by atoms with Gasteiger partial charge < -0.3 is 5.32 Å². The normalized spacial score (nSPS) is 20.5. The highest BCUT2D eigenvalue weighted by atomic mass is 32.2. The molecular formula is C15H15N5OS. The average molecular weight is 313 g/mol. The average Bonchev–Trinajstić information content (AvgIpc) is 3.17. The lowest BCUT2D eigenvalue weighted by Crippen LogP contribution is -2.47. The molecule has 3 rings (SSSR count). The molecule has 112 valence electrons. The lowest BCUT2D eigenvalue weighted by atomic mass is 10.00. The Kier molecular flexibility index (Phi) is 3.86. The van der Waals surface area contributed by atoms with Crippen LogP contribution >= 0.6 is 11.8 Å². The van der Waals surface area contributed by atoms with Gasteiger partial charge in [0.25, 0.3) is 5.91 Å². The Morgan fingerprint density at radius 2 is 2.41 bits per heavy atom. The van der Waals surface area contributed by atoms with Crippen LogP contribution in [-0.4, -0.2) is 38.1 Å². The smallest absolute Gasteiger partial charge is 0.252 e. The van der Waals surface area contributed by atoms with Crippen molar-refractivity contribution in [2.24, 2.45) is 0 Å². The molecule has 1 fully saturated rings. The molecule has 1 amide bonds. The number of carbonyl (C=O) groups is 1. The van der Waals surface area contributed by atoms with Crippen molar-refractivity contribution in [2.75, 3.05) is 11.5 Å². The third kappa shape index (κ3) is 2.83. The molecule has 1 aromatic carbocycles. The maximum Gasteiger partial charge on any atom is 0.252 e. The second-order valence-electron chi connectivity index (χ2n) is 5.28. The Morgan fingerprint density at radius 3 is 3.05 bits per heavy atom. The van der Waals surface area contributed by atoms with Gasteiger partial charge in [0.2, 0.25) is 0 Å². The van der Waals surface area contributed by atoms with E-state index in [2.05, 4.69) is 26.6 Å². The number of nitriles is 1. The van der Waals surface area contributed by atoms with Gasteiger partial charge in [-0.3, -0.25) is 9.89 Å². The van der Waals surface area contributed by atoms with Gasteiger partial charge in [-0.05, 0) is 31.2 Å². The fourth-order valence-electron chi connectivity index (χ4n) is 2.34. The van der Waals surface area contributed by atoms with Crippen LogP contribution in [0.5, 0.6) is 0 Å². The zero-order chi connectivity index (χ0) is 15.6. The molecule has 0 spiro atoms. The van der Waals surface area contributed by atoms with Crippen LogP contribution in [0.4, 0.5) is 0 Å². The molecule has 1 saturated heterocycles. The van der Waals surface area contributed by atoms with Gasteiger partial charge in [0.15, 0.2) is 5.82 Å². The summed E-state index contributed by atoms with van der Waals surface area (Å²) >= 11 is 1.68. The molecule has 6 nitrogen and oxygen atoms in total. The molecule has 0 unspecified atom stereocenters. The summed E-state index contributed by atoms with van der Waals surface area (Å²) in [5, 5.41) is 19.1. The molecule has 0 saturated carbocycles. The van der Waals surface area contributed by atoms with Crippen LogP contribution in [0.2, 0.25) is 0 Å². The monoisotopic (exact) mass is 313 g/mol. The number of amides is 1. The summed E-state index contributed by atoms with van der Waals surface area (Å²) in [5.41, 5.74) is 0.522. The zero-order valence-corrected chi connectivity index (χ0v) is 12.9. The Hall–Kier alpha value is -2.33. The van der Waals surface area contributed by atoms with Crippen LogP contribution in [0.25, 0.3) is 11.4 Å². The van der Waals surface area contributed by atoms with Gasteiger partial charge in [0, 0.05) is 16.9 Å². The number of rotatable bonds is 3. The summed E-state index contributed by atoms with van der Waals surface area (Å²) in [7, 11) is 0. The highest BCUT2D eigenvalue weighted by Crippen LogP contribution is 2.28. The summed E-state index contributed by atoms with van der Waals surface area (Å²) in [4.78, 5) is 16.7. The van der Waals surface area contributed by atoms with E-state index in [9.17, 15) is 10.1 Å². The van der Waals surface area contributed by atoms with Gasteiger partial charge in [-0.2, -0.15) is 22.1 Å². The molecule has 22 heavy (non-hydrogen) atoms. The zero-order valence-electron chi connectivity index (χ0n) is 12.1. The van der Waals surface area contributed by atoms with Crippen molar-refractivity contribution in [3.63, 3.8) is 0 Å². The number of hydrogen-bond acceptors (Lipinski definition) is 5. The molecule has 2 N–H and O–H groups in total. The summed E-state index contributed by atoms with van der Waals surface area (Å²) in [6.45, 7) is 1.82. The summed E-state index contributed by atoms with van der Waals surface area (Å²) in [5.74, 6) is 2.56. The van der Waals surface area contributed by atoms with Gasteiger partial charge in [-0.1, -0.05) is 12.1 Å². The van der Waals surface area contributed by atoms with Crippen molar-refractivity contribution in [3.05, 3.63) is 35.7 Å².